The molecule has 1 aliphatic heterocycles. The number of hydrogen-bond donors (Lipinski definition) is 1. The fourth-order valence-corrected chi connectivity index (χ4v) is 2.95. The molecule has 1 fully saturated rings. The highest BCUT2D eigenvalue weighted by atomic mass is 19.1. The number of anilines is 1. The lowest BCUT2D eigenvalue weighted by Gasteiger charge is -2.16. The molecule has 0 saturated carbocycles. The number of nitrogens with zero attached hydrogens (tertiary/aromatic N) is 4. The van der Waals surface area contributed by atoms with Gasteiger partial charge >= 0.3 is 6.03 Å². The topological polar surface area (TPSA) is 76.2 Å². The maximum Gasteiger partial charge on any atom is 0.323 e. The number of halogens is 1. The molecule has 0 aliphatic carbocycles. The summed E-state index contributed by atoms with van der Waals surface area (Å²) >= 11 is 0. The lowest BCUT2D eigenvalue weighted by atomic mass is 10.1. The minimum absolute atomic E-state index is 0.173. The predicted molar refractivity (Wildman–Crippen MR) is 88.4 cm³/mol. The second-order valence-electron chi connectivity index (χ2n) is 5.86. The summed E-state index contributed by atoms with van der Waals surface area (Å²) < 4.78 is 20.8. The van der Waals surface area contributed by atoms with Gasteiger partial charge in [0.2, 0.25) is 0 Å². The molecule has 1 atom stereocenters. The van der Waals surface area contributed by atoms with Gasteiger partial charge in [-0.1, -0.05) is 17.3 Å². The van der Waals surface area contributed by atoms with E-state index in [9.17, 15) is 9.18 Å². The first-order valence-electron chi connectivity index (χ1n) is 7.97. The van der Waals surface area contributed by atoms with Crippen LogP contribution in [0.1, 0.15) is 12.5 Å². The molecule has 1 aromatic carbocycles. The second kappa shape index (κ2) is 6.39. The van der Waals surface area contributed by atoms with E-state index in [0.717, 1.165) is 6.42 Å². The Labute approximate surface area is 143 Å². The van der Waals surface area contributed by atoms with Crippen molar-refractivity contribution in [3.8, 4) is 11.3 Å². The van der Waals surface area contributed by atoms with Gasteiger partial charge in [0.1, 0.15) is 5.82 Å². The Morgan fingerprint density at radius 2 is 2.20 bits per heavy atom. The van der Waals surface area contributed by atoms with E-state index in [1.165, 1.54) is 12.1 Å². The molecule has 0 spiro atoms. The van der Waals surface area contributed by atoms with Crippen molar-refractivity contribution in [2.24, 2.45) is 0 Å². The third-order valence-electron chi connectivity index (χ3n) is 4.23. The molecule has 1 aliphatic rings. The van der Waals surface area contributed by atoms with Gasteiger partial charge in [-0.15, -0.1) is 0 Å². The molecule has 0 bridgehead atoms. The molecule has 2 aromatic heterocycles. The Hall–Kier alpha value is -3.16. The van der Waals surface area contributed by atoms with Crippen LogP contribution in [0.3, 0.4) is 0 Å². The average Bonchev–Trinajstić information content (AvgIpc) is 3.36. The molecule has 0 radical (unpaired) electrons. The van der Waals surface area contributed by atoms with Crippen molar-refractivity contribution < 1.29 is 13.7 Å². The summed E-state index contributed by atoms with van der Waals surface area (Å²) in [4.78, 5) is 14.1. The summed E-state index contributed by atoms with van der Waals surface area (Å²) in [5.74, 6) is 0.119. The van der Waals surface area contributed by atoms with Gasteiger partial charge in [-0.2, -0.15) is 5.10 Å². The molecule has 3 aromatic rings. The number of nitrogens with one attached hydrogen (secondary N) is 1. The first-order chi connectivity index (χ1) is 12.2. The number of urea groups is 1. The van der Waals surface area contributed by atoms with Crippen LogP contribution in [-0.4, -0.2) is 39.0 Å². The van der Waals surface area contributed by atoms with E-state index in [4.69, 9.17) is 4.52 Å². The van der Waals surface area contributed by atoms with Crippen LogP contribution in [0.2, 0.25) is 0 Å². The van der Waals surface area contributed by atoms with Crippen LogP contribution in [-0.2, 0) is 0 Å². The summed E-state index contributed by atoms with van der Waals surface area (Å²) in [6, 6.07) is 9.53. The Bertz CT molecular complexity index is 877. The zero-order valence-electron chi connectivity index (χ0n) is 13.3. The normalized spacial score (nSPS) is 17.0. The lowest BCUT2D eigenvalue weighted by molar-refractivity contribution is 0.220. The Balaban J connectivity index is 1.41. The van der Waals surface area contributed by atoms with Crippen molar-refractivity contribution in [2.45, 2.75) is 12.5 Å². The van der Waals surface area contributed by atoms with Gasteiger partial charge in [-0.3, -0.25) is 10.00 Å². The van der Waals surface area contributed by atoms with Gasteiger partial charge < -0.3 is 9.42 Å². The van der Waals surface area contributed by atoms with E-state index in [-0.39, 0.29) is 23.7 Å². The number of likely N-dealkylation sites (tertiary alicyclic amines) is 1. The van der Waals surface area contributed by atoms with Crippen molar-refractivity contribution in [1.82, 2.24) is 19.8 Å². The summed E-state index contributed by atoms with van der Waals surface area (Å²) in [5.41, 5.74) is 0.301. The predicted octanol–water partition coefficient (Wildman–Crippen LogP) is 3.16. The summed E-state index contributed by atoms with van der Waals surface area (Å²) in [5, 5.41) is 10.7. The van der Waals surface area contributed by atoms with Gasteiger partial charge in [0.25, 0.3) is 0 Å². The van der Waals surface area contributed by atoms with Gasteiger partial charge in [-0.25, -0.2) is 9.18 Å². The maximum absolute atomic E-state index is 13.8. The maximum atomic E-state index is 13.8. The third kappa shape index (κ3) is 3.10. The van der Waals surface area contributed by atoms with Crippen LogP contribution < -0.4 is 5.32 Å². The van der Waals surface area contributed by atoms with Crippen molar-refractivity contribution in [3.05, 3.63) is 54.6 Å². The summed E-state index contributed by atoms with van der Waals surface area (Å²) in [7, 11) is 0. The SMILES string of the molecule is O=C(Nc1cc(-c2ccccc2F)on1)N1CC[C@@H](n2cccn2)C1. The van der Waals surface area contributed by atoms with Crippen molar-refractivity contribution >= 4 is 11.8 Å². The standard InChI is InChI=1S/C17H16FN5O2/c18-14-5-2-1-4-13(14)15-10-16(21-25-15)20-17(24)22-9-6-12(11-22)23-8-3-7-19-23/h1-5,7-8,10,12H,6,9,11H2,(H,20,21,24)/t12-/m1/s1. The molecule has 2 amide bonds. The zero-order valence-corrected chi connectivity index (χ0v) is 13.3. The van der Waals surface area contributed by atoms with Gasteiger partial charge in [0.05, 0.1) is 11.6 Å². The molecule has 1 saturated heterocycles. The molecule has 128 valence electrons. The third-order valence-corrected chi connectivity index (χ3v) is 4.23. The van der Waals surface area contributed by atoms with Crippen LogP contribution in [0.25, 0.3) is 11.3 Å². The van der Waals surface area contributed by atoms with E-state index in [1.807, 2.05) is 16.9 Å². The van der Waals surface area contributed by atoms with Gasteiger partial charge in [-0.05, 0) is 24.6 Å². The van der Waals surface area contributed by atoms with E-state index in [1.54, 1.807) is 29.3 Å². The Kier molecular flexibility index (Phi) is 3.93. The lowest BCUT2D eigenvalue weighted by Crippen LogP contribution is -2.33. The monoisotopic (exact) mass is 341 g/mol. The summed E-state index contributed by atoms with van der Waals surface area (Å²) in [6.07, 6.45) is 4.46. The molecule has 7 nitrogen and oxygen atoms in total. The quantitative estimate of drug-likeness (QED) is 0.794. The second-order valence-corrected chi connectivity index (χ2v) is 5.86. The first-order valence-corrected chi connectivity index (χ1v) is 7.97. The number of benzene rings is 1. The molecule has 4 rings (SSSR count). The highest BCUT2D eigenvalue weighted by Crippen LogP contribution is 2.26. The van der Waals surface area contributed by atoms with Gasteiger partial charge in [0, 0.05) is 31.5 Å². The zero-order chi connectivity index (χ0) is 17.2. The van der Waals surface area contributed by atoms with E-state index < -0.39 is 5.82 Å². The van der Waals surface area contributed by atoms with E-state index >= 15 is 0 Å². The Morgan fingerprint density at radius 3 is 3.00 bits per heavy atom. The number of aromatic nitrogens is 3. The minimum Gasteiger partial charge on any atom is -0.354 e. The number of amides is 2. The van der Waals surface area contributed by atoms with Crippen LogP contribution in [0, 0.1) is 5.82 Å². The molecule has 3 heterocycles. The van der Waals surface area contributed by atoms with Crippen molar-refractivity contribution in [1.29, 1.82) is 0 Å². The molecular formula is C17H16FN5O2. The highest BCUT2D eigenvalue weighted by molar-refractivity contribution is 5.89. The van der Waals surface area contributed by atoms with Crippen molar-refractivity contribution in [3.63, 3.8) is 0 Å². The van der Waals surface area contributed by atoms with Crippen LogP contribution >= 0.6 is 0 Å². The van der Waals surface area contributed by atoms with Crippen molar-refractivity contribution in [2.75, 3.05) is 18.4 Å². The Morgan fingerprint density at radius 1 is 1.32 bits per heavy atom. The smallest absolute Gasteiger partial charge is 0.323 e. The fraction of sp³-hybridized carbons (Fsp3) is 0.235. The number of hydrogen-bond acceptors (Lipinski definition) is 4. The largest absolute Gasteiger partial charge is 0.354 e. The number of rotatable bonds is 3. The average molecular weight is 341 g/mol. The van der Waals surface area contributed by atoms with E-state index in [0.29, 0.717) is 18.7 Å². The minimum atomic E-state index is -0.405. The van der Waals surface area contributed by atoms with Gasteiger partial charge in [0.15, 0.2) is 11.6 Å². The number of carbonyl (C=O) groups excluding carboxylic acids is 1. The molecule has 8 heteroatoms. The molecule has 0 unspecified atom stereocenters. The van der Waals surface area contributed by atoms with E-state index in [2.05, 4.69) is 15.6 Å². The number of carbonyl (C=O) groups is 1. The van der Waals surface area contributed by atoms with Crippen LogP contribution in [0.15, 0.2) is 53.3 Å². The molecule has 25 heavy (non-hydrogen) atoms. The molecule has 1 N–H and O–H groups in total. The molecular weight excluding hydrogens is 325 g/mol. The first kappa shape index (κ1) is 15.4. The highest BCUT2D eigenvalue weighted by Gasteiger charge is 2.28. The fourth-order valence-electron chi connectivity index (χ4n) is 2.95. The van der Waals surface area contributed by atoms with Crippen LogP contribution in [0.4, 0.5) is 15.0 Å². The summed E-state index contributed by atoms with van der Waals surface area (Å²) in [6.45, 7) is 1.21. The van der Waals surface area contributed by atoms with Crippen LogP contribution in [0.5, 0.6) is 0 Å².